The van der Waals surface area contributed by atoms with Crippen molar-refractivity contribution in [2.45, 2.75) is 45.1 Å². The van der Waals surface area contributed by atoms with E-state index in [9.17, 15) is 0 Å². The molecule has 16 heavy (non-hydrogen) atoms. The van der Waals surface area contributed by atoms with Crippen molar-refractivity contribution in [3.8, 4) is 0 Å². The highest BCUT2D eigenvalue weighted by molar-refractivity contribution is 7.80. The van der Waals surface area contributed by atoms with Crippen molar-refractivity contribution in [1.29, 1.82) is 0 Å². The highest BCUT2D eigenvalue weighted by Gasteiger charge is 2.22. The zero-order valence-electron chi connectivity index (χ0n) is 10.5. The Bertz CT molecular complexity index is 211. The van der Waals surface area contributed by atoms with Gasteiger partial charge in [-0.05, 0) is 44.3 Å². The molecule has 0 radical (unpaired) electrons. The number of nitrogens with zero attached hydrogens (tertiary/aromatic N) is 1. The Morgan fingerprint density at radius 1 is 1.50 bits per heavy atom. The molecule has 1 saturated heterocycles. The van der Waals surface area contributed by atoms with E-state index in [1.165, 1.54) is 25.7 Å². The summed E-state index contributed by atoms with van der Waals surface area (Å²) >= 11 is 5.44. The van der Waals surface area contributed by atoms with E-state index in [-0.39, 0.29) is 0 Å². The minimum Gasteiger partial charge on any atom is -0.385 e. The molecule has 1 atom stereocenters. The first-order valence-electron chi connectivity index (χ1n) is 6.33. The van der Waals surface area contributed by atoms with E-state index in [2.05, 4.69) is 17.1 Å². The molecule has 94 valence electrons. The third-order valence-electron chi connectivity index (χ3n) is 3.16. The molecule has 1 unspecified atom stereocenters. The van der Waals surface area contributed by atoms with Gasteiger partial charge in [-0.25, -0.2) is 0 Å². The van der Waals surface area contributed by atoms with Crippen LogP contribution in [-0.4, -0.2) is 42.9 Å². The van der Waals surface area contributed by atoms with Gasteiger partial charge in [0.2, 0.25) is 0 Å². The first-order valence-corrected chi connectivity index (χ1v) is 6.73. The third kappa shape index (κ3) is 4.26. The second-order valence-electron chi connectivity index (χ2n) is 4.33. The Hall–Kier alpha value is -0.350. The highest BCUT2D eigenvalue weighted by atomic mass is 32.1. The van der Waals surface area contributed by atoms with Crippen molar-refractivity contribution in [3.63, 3.8) is 0 Å². The maximum absolute atomic E-state index is 5.44. The van der Waals surface area contributed by atoms with Gasteiger partial charge in [0.05, 0.1) is 0 Å². The number of ether oxygens (including phenoxy) is 1. The Labute approximate surface area is 105 Å². The molecule has 3 nitrogen and oxygen atoms in total. The molecule has 0 aromatic rings. The molecule has 4 heteroatoms. The van der Waals surface area contributed by atoms with Crippen molar-refractivity contribution in [2.24, 2.45) is 0 Å². The fourth-order valence-corrected chi connectivity index (χ4v) is 2.55. The molecule has 0 spiro atoms. The average molecular weight is 244 g/mol. The number of likely N-dealkylation sites (tertiary alicyclic amines) is 1. The number of hydrogen-bond donors (Lipinski definition) is 1. The zero-order valence-corrected chi connectivity index (χ0v) is 11.3. The topological polar surface area (TPSA) is 24.5 Å². The molecule has 0 amide bonds. The lowest BCUT2D eigenvalue weighted by Gasteiger charge is -2.37. The van der Waals surface area contributed by atoms with Gasteiger partial charge in [0.15, 0.2) is 5.11 Å². The van der Waals surface area contributed by atoms with E-state index < -0.39 is 0 Å². The Balaban J connectivity index is 2.27. The van der Waals surface area contributed by atoms with E-state index in [1.54, 1.807) is 7.11 Å². The minimum atomic E-state index is 0.649. The normalized spacial score (nSPS) is 20.9. The van der Waals surface area contributed by atoms with Crippen LogP contribution in [0, 0.1) is 0 Å². The summed E-state index contributed by atoms with van der Waals surface area (Å²) in [5, 5.41) is 4.26. The molecule has 1 rings (SSSR count). The molecular formula is C12H24N2OS. The van der Waals surface area contributed by atoms with Crippen molar-refractivity contribution in [1.82, 2.24) is 10.2 Å². The largest absolute Gasteiger partial charge is 0.385 e. The Morgan fingerprint density at radius 2 is 2.31 bits per heavy atom. The van der Waals surface area contributed by atoms with Crippen LogP contribution >= 0.6 is 12.2 Å². The summed E-state index contributed by atoms with van der Waals surface area (Å²) in [4.78, 5) is 2.37. The highest BCUT2D eigenvalue weighted by Crippen LogP contribution is 2.19. The predicted octanol–water partition coefficient (Wildman–Crippen LogP) is 2.16. The van der Waals surface area contributed by atoms with E-state index in [4.69, 9.17) is 17.0 Å². The van der Waals surface area contributed by atoms with Gasteiger partial charge >= 0.3 is 0 Å². The van der Waals surface area contributed by atoms with E-state index in [0.717, 1.165) is 31.2 Å². The van der Waals surface area contributed by atoms with Gasteiger partial charge in [-0.1, -0.05) is 6.92 Å². The molecule has 1 N–H and O–H groups in total. The zero-order chi connectivity index (χ0) is 11.8. The van der Waals surface area contributed by atoms with Crippen LogP contribution in [0.4, 0.5) is 0 Å². The van der Waals surface area contributed by atoms with Crippen LogP contribution in [0.2, 0.25) is 0 Å². The summed E-state index contributed by atoms with van der Waals surface area (Å²) in [6.07, 6.45) is 6.12. The molecular weight excluding hydrogens is 220 g/mol. The smallest absolute Gasteiger partial charge is 0.169 e. The van der Waals surface area contributed by atoms with Crippen LogP contribution in [0.15, 0.2) is 0 Å². The second kappa shape index (κ2) is 7.85. The van der Waals surface area contributed by atoms with Gasteiger partial charge in [0.25, 0.3) is 0 Å². The van der Waals surface area contributed by atoms with Gasteiger partial charge in [-0.3, -0.25) is 0 Å². The summed E-state index contributed by atoms with van der Waals surface area (Å²) in [5.74, 6) is 0. The molecule has 1 heterocycles. The first-order chi connectivity index (χ1) is 7.79. The molecule has 0 aromatic carbocycles. The number of nitrogens with one attached hydrogen (secondary N) is 1. The number of thiocarbonyl (C=S) groups is 1. The molecule has 1 aliphatic rings. The van der Waals surface area contributed by atoms with E-state index in [0.29, 0.717) is 6.04 Å². The van der Waals surface area contributed by atoms with Crippen LogP contribution in [0.25, 0.3) is 0 Å². The van der Waals surface area contributed by atoms with E-state index >= 15 is 0 Å². The average Bonchev–Trinajstić information content (AvgIpc) is 2.34. The molecule has 1 fully saturated rings. The minimum absolute atomic E-state index is 0.649. The van der Waals surface area contributed by atoms with Gasteiger partial charge in [0.1, 0.15) is 0 Å². The fourth-order valence-electron chi connectivity index (χ4n) is 2.21. The van der Waals surface area contributed by atoms with Gasteiger partial charge < -0.3 is 15.0 Å². The molecule has 1 aliphatic heterocycles. The molecule has 0 aromatic heterocycles. The van der Waals surface area contributed by atoms with Crippen LogP contribution in [0.1, 0.15) is 39.0 Å². The number of methoxy groups -OCH3 is 1. The summed E-state index contributed by atoms with van der Waals surface area (Å²) in [6.45, 7) is 5.08. The predicted molar refractivity (Wildman–Crippen MR) is 71.7 cm³/mol. The van der Waals surface area contributed by atoms with Crippen molar-refractivity contribution in [3.05, 3.63) is 0 Å². The summed E-state index contributed by atoms with van der Waals surface area (Å²) in [6, 6.07) is 0.649. The number of piperidine rings is 1. The lowest BCUT2D eigenvalue weighted by Crippen LogP contribution is -2.48. The SMILES string of the molecule is CCC1CCCCN1C(=S)NCCCOC. The van der Waals surface area contributed by atoms with Crippen molar-refractivity contribution >= 4 is 17.3 Å². The van der Waals surface area contributed by atoms with Crippen molar-refractivity contribution < 1.29 is 4.74 Å². The third-order valence-corrected chi connectivity index (χ3v) is 3.54. The second-order valence-corrected chi connectivity index (χ2v) is 4.72. The van der Waals surface area contributed by atoms with E-state index in [1.807, 2.05) is 0 Å². The molecule has 0 saturated carbocycles. The summed E-state index contributed by atoms with van der Waals surface area (Å²) in [7, 11) is 1.73. The maximum Gasteiger partial charge on any atom is 0.169 e. The monoisotopic (exact) mass is 244 g/mol. The van der Waals surface area contributed by atoms with Crippen LogP contribution < -0.4 is 5.32 Å². The van der Waals surface area contributed by atoms with Gasteiger partial charge in [-0.2, -0.15) is 0 Å². The summed E-state index contributed by atoms with van der Waals surface area (Å²) < 4.78 is 5.01. The number of hydrogen-bond acceptors (Lipinski definition) is 2. The van der Waals surface area contributed by atoms with Crippen LogP contribution in [0.5, 0.6) is 0 Å². The van der Waals surface area contributed by atoms with Gasteiger partial charge in [-0.15, -0.1) is 0 Å². The fraction of sp³-hybridized carbons (Fsp3) is 0.917. The van der Waals surface area contributed by atoms with Crippen LogP contribution in [-0.2, 0) is 4.74 Å². The lowest BCUT2D eigenvalue weighted by molar-refractivity contribution is 0.194. The Morgan fingerprint density at radius 3 is 3.00 bits per heavy atom. The van der Waals surface area contributed by atoms with Crippen molar-refractivity contribution in [2.75, 3.05) is 26.8 Å². The lowest BCUT2D eigenvalue weighted by atomic mass is 10.0. The summed E-state index contributed by atoms with van der Waals surface area (Å²) in [5.41, 5.74) is 0. The first kappa shape index (κ1) is 13.7. The quantitative estimate of drug-likeness (QED) is 0.592. The standard InChI is InChI=1S/C12H24N2OS/c1-3-11-7-4-5-9-14(11)12(16)13-8-6-10-15-2/h11H,3-10H2,1-2H3,(H,13,16). The maximum atomic E-state index is 5.44. The van der Waals surface area contributed by atoms with Crippen LogP contribution in [0.3, 0.4) is 0 Å². The van der Waals surface area contributed by atoms with Gasteiger partial charge in [0, 0.05) is 32.8 Å². The molecule has 0 bridgehead atoms. The number of rotatable bonds is 5. The molecule has 0 aliphatic carbocycles. The Kier molecular flexibility index (Phi) is 6.73.